The molecule has 4 heterocycles. The number of carboxylic acid groups (broad SMARTS) is 2. The van der Waals surface area contributed by atoms with Crippen molar-refractivity contribution in [1.29, 1.82) is 0 Å². The quantitative estimate of drug-likeness (QED) is 0.135. The molecule has 0 bridgehead atoms. The summed E-state index contributed by atoms with van der Waals surface area (Å²) in [5, 5.41) is 16.7. The highest BCUT2D eigenvalue weighted by atomic mass is 19.4. The predicted octanol–water partition coefficient (Wildman–Crippen LogP) is 6.59. The summed E-state index contributed by atoms with van der Waals surface area (Å²) in [5.41, 5.74) is 3.66. The van der Waals surface area contributed by atoms with Gasteiger partial charge in [0.15, 0.2) is 5.69 Å². The molecule has 1 saturated heterocycles. The van der Waals surface area contributed by atoms with Crippen molar-refractivity contribution in [2.75, 3.05) is 18.0 Å². The summed E-state index contributed by atoms with van der Waals surface area (Å²) in [7, 11) is 1.96. The number of alkyl halides is 3. The number of fused-ring (bicyclic) bond motifs is 1. The molecule has 2 fully saturated rings. The lowest BCUT2D eigenvalue weighted by Gasteiger charge is -2.34. The highest BCUT2D eigenvalue weighted by Crippen LogP contribution is 2.65. The summed E-state index contributed by atoms with van der Waals surface area (Å²) in [5.74, 6) is -1.65. The number of nitrogens with zero attached hydrogens (tertiary/aromatic N) is 7. The monoisotopic (exact) mass is 705 g/mol. The molecule has 1 atom stereocenters. The SMILES string of the molecule is O=C(O)C(F)(F)F.[C-]#[N+]c1ccc(COc2cccc(N3CCC4(CC3)CC4c3nc4ccc(C(=O)O)cc4n3Cc3cncn3C)n2)c(F)c1. The van der Waals surface area contributed by atoms with Gasteiger partial charge in [0.2, 0.25) is 5.88 Å². The van der Waals surface area contributed by atoms with E-state index in [-0.39, 0.29) is 29.2 Å². The Bertz CT molecular complexity index is 2150. The highest BCUT2D eigenvalue weighted by Gasteiger charge is 2.57. The molecule has 1 aliphatic carbocycles. The average molecular weight is 706 g/mol. The second-order valence-electron chi connectivity index (χ2n) is 12.5. The molecule has 16 heteroatoms. The molecule has 3 aromatic heterocycles. The Morgan fingerprint density at radius 1 is 1.08 bits per heavy atom. The number of benzene rings is 2. The number of imidazole rings is 2. The van der Waals surface area contributed by atoms with Gasteiger partial charge in [0.05, 0.1) is 41.7 Å². The number of hydrogen-bond acceptors (Lipinski definition) is 7. The van der Waals surface area contributed by atoms with E-state index in [4.69, 9.17) is 31.2 Å². The first-order chi connectivity index (χ1) is 24.3. The summed E-state index contributed by atoms with van der Waals surface area (Å²) in [6.07, 6.45) is 1.53. The van der Waals surface area contributed by atoms with E-state index in [1.807, 2.05) is 29.9 Å². The zero-order valence-electron chi connectivity index (χ0n) is 27.1. The van der Waals surface area contributed by atoms with E-state index in [1.54, 1.807) is 42.7 Å². The van der Waals surface area contributed by atoms with Crippen LogP contribution in [0.3, 0.4) is 0 Å². The van der Waals surface area contributed by atoms with E-state index < -0.39 is 23.9 Å². The minimum atomic E-state index is -5.08. The first-order valence-corrected chi connectivity index (χ1v) is 15.8. The third-order valence-electron chi connectivity index (χ3n) is 9.34. The summed E-state index contributed by atoms with van der Waals surface area (Å²) in [6, 6.07) is 15.1. The molecule has 2 N–H and O–H groups in total. The number of anilines is 1. The van der Waals surface area contributed by atoms with Gasteiger partial charge in [0.1, 0.15) is 24.1 Å². The van der Waals surface area contributed by atoms with E-state index in [0.717, 1.165) is 60.7 Å². The van der Waals surface area contributed by atoms with Crippen LogP contribution in [0.1, 0.15) is 52.6 Å². The van der Waals surface area contributed by atoms with Crippen LogP contribution in [0.15, 0.2) is 67.1 Å². The van der Waals surface area contributed by atoms with Crippen molar-refractivity contribution < 1.29 is 42.1 Å². The zero-order chi connectivity index (χ0) is 36.5. The third-order valence-corrected chi connectivity index (χ3v) is 9.34. The van der Waals surface area contributed by atoms with Crippen molar-refractivity contribution >= 4 is 34.5 Å². The molecule has 2 aromatic carbocycles. The van der Waals surface area contributed by atoms with E-state index >= 15 is 0 Å². The first-order valence-electron chi connectivity index (χ1n) is 15.8. The Morgan fingerprint density at radius 2 is 1.82 bits per heavy atom. The number of carbonyl (C=O) groups is 2. The molecule has 2 aliphatic rings. The maximum Gasteiger partial charge on any atom is 0.490 e. The molecule has 1 aliphatic heterocycles. The van der Waals surface area contributed by atoms with Gasteiger partial charge in [-0.15, -0.1) is 0 Å². The molecule has 0 amide bonds. The van der Waals surface area contributed by atoms with Crippen molar-refractivity contribution in [2.24, 2.45) is 12.5 Å². The Morgan fingerprint density at radius 3 is 2.45 bits per heavy atom. The number of rotatable bonds is 8. The lowest BCUT2D eigenvalue weighted by molar-refractivity contribution is -0.192. The van der Waals surface area contributed by atoms with Crippen LogP contribution in [0, 0.1) is 17.8 Å². The van der Waals surface area contributed by atoms with Crippen LogP contribution in [0.25, 0.3) is 15.9 Å². The summed E-state index contributed by atoms with van der Waals surface area (Å²) in [4.78, 5) is 40.2. The van der Waals surface area contributed by atoms with Crippen LogP contribution in [0.4, 0.5) is 29.1 Å². The lowest BCUT2D eigenvalue weighted by atomic mass is 9.90. The van der Waals surface area contributed by atoms with Gasteiger partial charge in [-0.25, -0.2) is 28.8 Å². The molecule has 1 spiro atoms. The fraction of sp³-hybridized carbons (Fsp3) is 0.314. The number of ether oxygens (including phenoxy) is 1. The van der Waals surface area contributed by atoms with Gasteiger partial charge in [-0.05, 0) is 55.0 Å². The largest absolute Gasteiger partial charge is 0.490 e. The number of aromatic nitrogens is 5. The first kappa shape index (κ1) is 34.9. The standard InChI is InChI=1S/C33H30FN7O3.C2HF3O2/c1-35-23-8-6-22(26(34)15-23)19-44-30-5-3-4-29(38-30)40-12-10-33(11-13-40)16-25(33)31-37-27-9-7-21(32(42)43)14-28(27)41(31)18-24-17-36-20-39(24)2;3-2(4,5)1(6)7/h3-9,14-15,17,20,25H,10-13,16,18-19H2,2H3,(H,42,43);(H,6,7). The number of hydrogen-bond donors (Lipinski definition) is 2. The van der Waals surface area contributed by atoms with E-state index in [0.29, 0.717) is 18.0 Å². The van der Waals surface area contributed by atoms with Crippen molar-refractivity contribution in [2.45, 2.75) is 44.5 Å². The minimum absolute atomic E-state index is 0.0269. The molecular formula is C35H31F4N7O5. The van der Waals surface area contributed by atoms with Gasteiger partial charge in [0.25, 0.3) is 0 Å². The Labute approximate surface area is 288 Å². The number of aromatic carboxylic acids is 1. The van der Waals surface area contributed by atoms with Crippen LogP contribution in [-0.4, -0.2) is 65.5 Å². The second kappa shape index (κ2) is 13.7. The predicted molar refractivity (Wildman–Crippen MR) is 175 cm³/mol. The topological polar surface area (TPSA) is 140 Å². The number of aliphatic carboxylic acids is 1. The van der Waals surface area contributed by atoms with Gasteiger partial charge < -0.3 is 29.0 Å². The zero-order valence-corrected chi connectivity index (χ0v) is 27.1. The lowest BCUT2D eigenvalue weighted by Crippen LogP contribution is -2.35. The number of aryl methyl sites for hydroxylation is 1. The van der Waals surface area contributed by atoms with Crippen molar-refractivity contribution in [3.05, 3.63) is 107 Å². The van der Waals surface area contributed by atoms with Crippen LogP contribution in [-0.2, 0) is 25.0 Å². The average Bonchev–Trinajstić information content (AvgIpc) is 3.43. The molecule has 264 valence electrons. The van der Waals surface area contributed by atoms with Gasteiger partial charge >= 0.3 is 18.1 Å². The number of pyridine rings is 1. The maximum absolute atomic E-state index is 14.3. The molecular weight excluding hydrogens is 674 g/mol. The number of halogens is 4. The fourth-order valence-electron chi connectivity index (χ4n) is 6.39. The molecule has 51 heavy (non-hydrogen) atoms. The number of piperidine rings is 1. The summed E-state index contributed by atoms with van der Waals surface area (Å²) >= 11 is 0. The molecule has 7 rings (SSSR count). The van der Waals surface area contributed by atoms with Crippen molar-refractivity contribution in [3.8, 4) is 5.88 Å². The Balaban J connectivity index is 0.000000582. The van der Waals surface area contributed by atoms with Gasteiger partial charge in [-0.2, -0.15) is 18.2 Å². The normalized spacial score (nSPS) is 16.3. The minimum Gasteiger partial charge on any atom is -0.478 e. The Hall–Kier alpha value is -5.98. The molecule has 0 radical (unpaired) electrons. The number of carboxylic acids is 2. The molecule has 1 saturated carbocycles. The highest BCUT2D eigenvalue weighted by molar-refractivity contribution is 5.92. The maximum atomic E-state index is 14.3. The van der Waals surface area contributed by atoms with Crippen LogP contribution >= 0.6 is 0 Å². The van der Waals surface area contributed by atoms with Crippen LogP contribution in [0.5, 0.6) is 5.88 Å². The van der Waals surface area contributed by atoms with E-state index in [1.165, 1.54) is 6.07 Å². The molecule has 5 aromatic rings. The molecule has 1 unspecified atom stereocenters. The Kier molecular flexibility index (Phi) is 9.39. The van der Waals surface area contributed by atoms with Gasteiger partial charge in [-0.3, -0.25) is 0 Å². The van der Waals surface area contributed by atoms with Crippen LogP contribution in [0.2, 0.25) is 0 Å². The van der Waals surface area contributed by atoms with Gasteiger partial charge in [0, 0.05) is 43.9 Å². The molecule has 12 nitrogen and oxygen atoms in total. The van der Waals surface area contributed by atoms with E-state index in [9.17, 15) is 27.5 Å². The van der Waals surface area contributed by atoms with Crippen LogP contribution < -0.4 is 9.64 Å². The summed E-state index contributed by atoms with van der Waals surface area (Å²) < 4.78 is 56.0. The van der Waals surface area contributed by atoms with Crippen molar-refractivity contribution in [1.82, 2.24) is 24.1 Å². The fourth-order valence-corrected chi connectivity index (χ4v) is 6.39. The van der Waals surface area contributed by atoms with Crippen molar-refractivity contribution in [3.63, 3.8) is 0 Å². The third kappa shape index (κ3) is 7.47. The van der Waals surface area contributed by atoms with E-state index in [2.05, 4.69) is 19.3 Å². The second-order valence-corrected chi connectivity index (χ2v) is 12.5. The summed E-state index contributed by atoms with van der Waals surface area (Å²) in [6.45, 7) is 9.30. The van der Waals surface area contributed by atoms with Gasteiger partial charge in [-0.1, -0.05) is 18.2 Å². The smallest absolute Gasteiger partial charge is 0.478 e.